The summed E-state index contributed by atoms with van der Waals surface area (Å²) in [5.41, 5.74) is 2.82. The maximum atomic E-state index is 11.4. The number of carbonyl (C=O) groups excluding carboxylic acids is 1. The summed E-state index contributed by atoms with van der Waals surface area (Å²) >= 11 is 0. The maximum absolute atomic E-state index is 11.4. The standard InChI is InChI=1S/C18H24N2O/c1-2-14(10-13-6-4-3-5-7-13)16-12-17(16)20-15-8-9-19-18(21)11-15/h3-7,10,15-17,20H,2,8-9,11-12H2,1H3,(H,19,21)/b14-10+. The predicted octanol–water partition coefficient (Wildman–Crippen LogP) is 2.74. The van der Waals surface area contributed by atoms with Gasteiger partial charge in [-0.3, -0.25) is 4.79 Å². The topological polar surface area (TPSA) is 41.1 Å². The van der Waals surface area contributed by atoms with Gasteiger partial charge in [-0.2, -0.15) is 0 Å². The lowest BCUT2D eigenvalue weighted by Gasteiger charge is -2.23. The van der Waals surface area contributed by atoms with Crippen molar-refractivity contribution in [3.05, 3.63) is 41.5 Å². The van der Waals surface area contributed by atoms with Crippen molar-refractivity contribution in [2.45, 2.75) is 44.7 Å². The van der Waals surface area contributed by atoms with Crippen molar-refractivity contribution in [2.75, 3.05) is 6.54 Å². The second-order valence-electron chi connectivity index (χ2n) is 6.14. The predicted molar refractivity (Wildman–Crippen MR) is 85.8 cm³/mol. The Labute approximate surface area is 126 Å². The molecular formula is C18H24N2O. The molecule has 2 fully saturated rings. The number of carbonyl (C=O) groups is 1. The van der Waals surface area contributed by atoms with E-state index in [1.165, 1.54) is 17.6 Å². The third-order valence-electron chi connectivity index (χ3n) is 4.52. The second kappa shape index (κ2) is 6.44. The molecule has 3 rings (SSSR count). The summed E-state index contributed by atoms with van der Waals surface area (Å²) in [6, 6.07) is 11.5. The molecule has 2 N–H and O–H groups in total. The van der Waals surface area contributed by atoms with Crippen molar-refractivity contribution in [1.29, 1.82) is 0 Å². The van der Waals surface area contributed by atoms with Crippen LogP contribution in [0, 0.1) is 5.92 Å². The van der Waals surface area contributed by atoms with Crippen molar-refractivity contribution in [2.24, 2.45) is 5.92 Å². The molecule has 0 radical (unpaired) electrons. The van der Waals surface area contributed by atoms with Crippen molar-refractivity contribution in [3.8, 4) is 0 Å². The molecule has 1 saturated heterocycles. The van der Waals surface area contributed by atoms with Crippen molar-refractivity contribution >= 4 is 12.0 Å². The number of rotatable bonds is 5. The van der Waals surface area contributed by atoms with Gasteiger partial charge in [-0.25, -0.2) is 0 Å². The van der Waals surface area contributed by atoms with Gasteiger partial charge in [0.2, 0.25) is 5.91 Å². The first-order valence-electron chi connectivity index (χ1n) is 8.04. The van der Waals surface area contributed by atoms with Gasteiger partial charge in [-0.05, 0) is 30.7 Å². The molecule has 0 aromatic heterocycles. The highest BCUT2D eigenvalue weighted by molar-refractivity contribution is 5.77. The SMILES string of the molecule is CC/C(=C\c1ccccc1)C1CC1NC1CCNC(=O)C1. The first-order chi connectivity index (χ1) is 10.3. The molecule has 2 aliphatic rings. The molecule has 1 amide bonds. The number of hydrogen-bond acceptors (Lipinski definition) is 2. The van der Waals surface area contributed by atoms with E-state index in [0.717, 1.165) is 19.4 Å². The molecule has 3 heteroatoms. The van der Waals surface area contributed by atoms with E-state index in [9.17, 15) is 4.79 Å². The average molecular weight is 284 g/mol. The molecule has 0 bridgehead atoms. The highest BCUT2D eigenvalue weighted by Crippen LogP contribution is 2.40. The first-order valence-corrected chi connectivity index (χ1v) is 8.04. The largest absolute Gasteiger partial charge is 0.356 e. The minimum absolute atomic E-state index is 0.187. The summed E-state index contributed by atoms with van der Waals surface area (Å²) < 4.78 is 0. The van der Waals surface area contributed by atoms with E-state index in [1.54, 1.807) is 0 Å². The van der Waals surface area contributed by atoms with Crippen LogP contribution in [0.25, 0.3) is 6.08 Å². The first kappa shape index (κ1) is 14.3. The van der Waals surface area contributed by atoms with Gasteiger partial charge in [0.25, 0.3) is 0 Å². The van der Waals surface area contributed by atoms with Gasteiger partial charge >= 0.3 is 0 Å². The van der Waals surface area contributed by atoms with Crippen LogP contribution < -0.4 is 10.6 Å². The van der Waals surface area contributed by atoms with Crippen LogP contribution in [-0.2, 0) is 4.79 Å². The zero-order valence-corrected chi connectivity index (χ0v) is 12.6. The molecule has 1 aromatic carbocycles. The Morgan fingerprint density at radius 2 is 2.19 bits per heavy atom. The number of hydrogen-bond donors (Lipinski definition) is 2. The molecule has 1 heterocycles. The van der Waals surface area contributed by atoms with Crippen LogP contribution in [0.5, 0.6) is 0 Å². The molecule has 21 heavy (non-hydrogen) atoms. The third-order valence-corrected chi connectivity index (χ3v) is 4.52. The van der Waals surface area contributed by atoms with Gasteiger partial charge in [0.1, 0.15) is 0 Å². The lowest BCUT2D eigenvalue weighted by Crippen LogP contribution is -2.44. The summed E-state index contributed by atoms with van der Waals surface area (Å²) in [7, 11) is 0. The van der Waals surface area contributed by atoms with Gasteiger partial charge in [-0.15, -0.1) is 0 Å². The number of benzene rings is 1. The van der Waals surface area contributed by atoms with E-state index >= 15 is 0 Å². The molecule has 3 nitrogen and oxygen atoms in total. The zero-order chi connectivity index (χ0) is 14.7. The average Bonchev–Trinajstić information content (AvgIpc) is 3.25. The fourth-order valence-electron chi connectivity index (χ4n) is 3.25. The fourth-order valence-corrected chi connectivity index (χ4v) is 3.25. The normalized spacial score (nSPS) is 29.1. The summed E-state index contributed by atoms with van der Waals surface area (Å²) in [5, 5.41) is 6.57. The van der Waals surface area contributed by atoms with E-state index < -0.39 is 0 Å². The van der Waals surface area contributed by atoms with Gasteiger partial charge in [0.15, 0.2) is 0 Å². The maximum Gasteiger partial charge on any atom is 0.221 e. The van der Waals surface area contributed by atoms with E-state index in [1.807, 2.05) is 0 Å². The number of amides is 1. The Balaban J connectivity index is 1.58. The van der Waals surface area contributed by atoms with Crippen molar-refractivity contribution in [1.82, 2.24) is 10.6 Å². The molecular weight excluding hydrogens is 260 g/mol. The highest BCUT2D eigenvalue weighted by atomic mass is 16.1. The molecule has 0 spiro atoms. The van der Waals surface area contributed by atoms with E-state index in [2.05, 4.69) is 54.0 Å². The summed E-state index contributed by atoms with van der Waals surface area (Å²) in [6.45, 7) is 3.05. The van der Waals surface area contributed by atoms with Crippen LogP contribution >= 0.6 is 0 Å². The molecule has 1 aliphatic carbocycles. The Morgan fingerprint density at radius 1 is 1.38 bits per heavy atom. The van der Waals surface area contributed by atoms with Crippen LogP contribution in [0.3, 0.4) is 0 Å². The van der Waals surface area contributed by atoms with Crippen LogP contribution in [0.1, 0.15) is 38.2 Å². The number of piperidine rings is 1. The summed E-state index contributed by atoms with van der Waals surface area (Å²) in [5.74, 6) is 0.840. The van der Waals surface area contributed by atoms with E-state index in [0.29, 0.717) is 24.4 Å². The van der Waals surface area contributed by atoms with Gasteiger partial charge in [0, 0.05) is 25.0 Å². The molecule has 1 aromatic rings. The molecule has 1 aliphatic heterocycles. The smallest absolute Gasteiger partial charge is 0.221 e. The van der Waals surface area contributed by atoms with Crippen LogP contribution in [-0.4, -0.2) is 24.5 Å². The van der Waals surface area contributed by atoms with Crippen molar-refractivity contribution in [3.63, 3.8) is 0 Å². The van der Waals surface area contributed by atoms with Crippen LogP contribution in [0.15, 0.2) is 35.9 Å². The lowest BCUT2D eigenvalue weighted by molar-refractivity contribution is -0.122. The fraction of sp³-hybridized carbons (Fsp3) is 0.500. The molecule has 1 saturated carbocycles. The Hall–Kier alpha value is -1.61. The van der Waals surface area contributed by atoms with Crippen LogP contribution in [0.4, 0.5) is 0 Å². The quantitative estimate of drug-likeness (QED) is 0.873. The summed E-state index contributed by atoms with van der Waals surface area (Å²) in [6.07, 6.45) is 6.33. The molecule has 3 atom stereocenters. The molecule has 112 valence electrons. The van der Waals surface area contributed by atoms with Crippen LogP contribution in [0.2, 0.25) is 0 Å². The monoisotopic (exact) mass is 284 g/mol. The minimum Gasteiger partial charge on any atom is -0.356 e. The second-order valence-corrected chi connectivity index (χ2v) is 6.14. The lowest BCUT2D eigenvalue weighted by atomic mass is 10.0. The van der Waals surface area contributed by atoms with Gasteiger partial charge in [0.05, 0.1) is 0 Å². The Bertz CT molecular complexity index is 523. The third kappa shape index (κ3) is 3.73. The highest BCUT2D eigenvalue weighted by Gasteiger charge is 2.40. The van der Waals surface area contributed by atoms with E-state index in [-0.39, 0.29) is 5.91 Å². The minimum atomic E-state index is 0.187. The Kier molecular flexibility index (Phi) is 4.39. The zero-order valence-electron chi connectivity index (χ0n) is 12.6. The number of nitrogens with one attached hydrogen (secondary N) is 2. The van der Waals surface area contributed by atoms with E-state index in [4.69, 9.17) is 0 Å². The summed E-state index contributed by atoms with van der Waals surface area (Å²) in [4.78, 5) is 11.4. The van der Waals surface area contributed by atoms with Gasteiger partial charge in [-0.1, -0.05) is 48.9 Å². The van der Waals surface area contributed by atoms with Gasteiger partial charge < -0.3 is 10.6 Å². The van der Waals surface area contributed by atoms with Crippen molar-refractivity contribution < 1.29 is 4.79 Å². The Morgan fingerprint density at radius 3 is 2.90 bits per heavy atom. The molecule has 3 unspecified atom stereocenters.